The molecule has 9 nitrogen and oxygen atoms in total. The van der Waals surface area contributed by atoms with E-state index < -0.39 is 28.1 Å². The number of ether oxygens (including phenoxy) is 1. The van der Waals surface area contributed by atoms with Crippen molar-refractivity contribution >= 4 is 40.9 Å². The first-order chi connectivity index (χ1) is 12.3. The van der Waals surface area contributed by atoms with Gasteiger partial charge in [0.25, 0.3) is 5.69 Å². The van der Waals surface area contributed by atoms with Gasteiger partial charge in [0.15, 0.2) is 0 Å². The zero-order chi connectivity index (χ0) is 19.3. The highest BCUT2D eigenvalue weighted by Gasteiger charge is 2.34. The van der Waals surface area contributed by atoms with Crippen LogP contribution in [0.4, 0.5) is 11.4 Å². The summed E-state index contributed by atoms with van der Waals surface area (Å²) >= 11 is 1.22. The average Bonchev–Trinajstić information content (AvgIpc) is 2.58. The lowest BCUT2D eigenvalue weighted by Crippen LogP contribution is -2.51. The molecule has 0 saturated carbocycles. The Morgan fingerprint density at radius 1 is 1.46 bits per heavy atom. The molecule has 0 bridgehead atoms. The quantitative estimate of drug-likeness (QED) is 0.433. The summed E-state index contributed by atoms with van der Waals surface area (Å²) in [5, 5.41) is 15.3. The molecular formula is C16H19N3O6S. The average molecular weight is 381 g/mol. The Bertz CT molecular complexity index is 739. The topological polar surface area (TPSA) is 128 Å². The van der Waals surface area contributed by atoms with E-state index in [-0.39, 0.29) is 24.6 Å². The van der Waals surface area contributed by atoms with Crippen LogP contribution in [0.1, 0.15) is 18.9 Å². The first-order valence-electron chi connectivity index (χ1n) is 7.95. The number of anilines is 1. The third kappa shape index (κ3) is 4.94. The Balaban J connectivity index is 1.91. The first kappa shape index (κ1) is 19.7. The highest BCUT2D eigenvalue weighted by atomic mass is 32.2. The van der Waals surface area contributed by atoms with Gasteiger partial charge in [0.05, 0.1) is 16.8 Å². The molecule has 0 aliphatic carbocycles. The molecule has 1 aromatic carbocycles. The maximum absolute atomic E-state index is 12.2. The second kappa shape index (κ2) is 8.65. The van der Waals surface area contributed by atoms with Crippen LogP contribution in [-0.4, -0.2) is 46.4 Å². The normalized spacial score (nSPS) is 19.4. The highest BCUT2D eigenvalue weighted by molar-refractivity contribution is 8.00. The highest BCUT2D eigenvalue weighted by Crippen LogP contribution is 2.24. The van der Waals surface area contributed by atoms with Crippen LogP contribution in [0.25, 0.3) is 0 Å². The van der Waals surface area contributed by atoms with Crippen molar-refractivity contribution < 1.29 is 24.0 Å². The van der Waals surface area contributed by atoms with Gasteiger partial charge in [-0.15, -0.1) is 11.8 Å². The summed E-state index contributed by atoms with van der Waals surface area (Å²) in [6.45, 7) is 3.56. The van der Waals surface area contributed by atoms with Crippen molar-refractivity contribution in [2.24, 2.45) is 0 Å². The molecule has 26 heavy (non-hydrogen) atoms. The van der Waals surface area contributed by atoms with E-state index >= 15 is 0 Å². The van der Waals surface area contributed by atoms with E-state index in [1.807, 2.05) is 0 Å². The van der Waals surface area contributed by atoms with Crippen LogP contribution in [0.3, 0.4) is 0 Å². The summed E-state index contributed by atoms with van der Waals surface area (Å²) < 4.78 is 4.87. The maximum Gasteiger partial charge on any atom is 0.329 e. The van der Waals surface area contributed by atoms with Gasteiger partial charge >= 0.3 is 5.97 Å². The fraction of sp³-hybridized carbons (Fsp3) is 0.438. The van der Waals surface area contributed by atoms with Crippen molar-refractivity contribution in [2.45, 2.75) is 31.6 Å². The number of amides is 2. The molecule has 140 valence electrons. The van der Waals surface area contributed by atoms with Crippen molar-refractivity contribution in [1.82, 2.24) is 5.32 Å². The van der Waals surface area contributed by atoms with Gasteiger partial charge in [-0.05, 0) is 25.5 Å². The summed E-state index contributed by atoms with van der Waals surface area (Å²) in [5.74, 6) is -0.934. The molecule has 2 N–H and O–H groups in total. The number of nitro groups is 1. The summed E-state index contributed by atoms with van der Waals surface area (Å²) in [7, 11) is 0. The number of hydrogen-bond donors (Lipinski definition) is 2. The number of nitrogens with one attached hydrogen (secondary N) is 2. The molecule has 1 aliphatic heterocycles. The van der Waals surface area contributed by atoms with Crippen molar-refractivity contribution in [1.29, 1.82) is 0 Å². The maximum atomic E-state index is 12.2. The van der Waals surface area contributed by atoms with Gasteiger partial charge in [-0.25, -0.2) is 4.79 Å². The van der Waals surface area contributed by atoms with Gasteiger partial charge in [-0.2, -0.15) is 0 Å². The fourth-order valence-corrected chi connectivity index (χ4v) is 3.52. The molecule has 0 aromatic heterocycles. The molecule has 1 heterocycles. The third-order valence-corrected chi connectivity index (χ3v) is 5.02. The number of esters is 1. The van der Waals surface area contributed by atoms with Crippen molar-refractivity contribution in [3.05, 3.63) is 33.9 Å². The van der Waals surface area contributed by atoms with Crippen LogP contribution >= 0.6 is 11.8 Å². The number of carbonyl (C=O) groups excluding carboxylic acids is 3. The van der Waals surface area contributed by atoms with Gasteiger partial charge in [0, 0.05) is 30.0 Å². The van der Waals surface area contributed by atoms with Crippen molar-refractivity contribution in [2.75, 3.05) is 17.7 Å². The van der Waals surface area contributed by atoms with E-state index in [0.717, 1.165) is 0 Å². The fourth-order valence-electron chi connectivity index (χ4n) is 2.39. The first-order valence-corrected chi connectivity index (χ1v) is 9.00. The van der Waals surface area contributed by atoms with Crippen molar-refractivity contribution in [3.63, 3.8) is 0 Å². The number of carbonyl (C=O) groups is 3. The summed E-state index contributed by atoms with van der Waals surface area (Å²) in [6.07, 6.45) is -0.0670. The number of nitro benzene ring substituents is 1. The van der Waals surface area contributed by atoms with Gasteiger partial charge in [0.2, 0.25) is 11.8 Å². The van der Waals surface area contributed by atoms with E-state index in [4.69, 9.17) is 4.74 Å². The molecule has 2 amide bonds. The molecular weight excluding hydrogens is 362 g/mol. The minimum atomic E-state index is -0.705. The second-order valence-electron chi connectivity index (χ2n) is 5.64. The Hall–Kier alpha value is -2.62. The number of benzene rings is 1. The van der Waals surface area contributed by atoms with Crippen LogP contribution in [0, 0.1) is 17.0 Å². The van der Waals surface area contributed by atoms with E-state index in [2.05, 4.69) is 10.6 Å². The largest absolute Gasteiger partial charge is 0.464 e. The monoisotopic (exact) mass is 381 g/mol. The van der Waals surface area contributed by atoms with Gasteiger partial charge in [0.1, 0.15) is 6.04 Å². The van der Waals surface area contributed by atoms with Crippen LogP contribution in [0.5, 0.6) is 0 Å². The number of non-ortho nitro benzene ring substituents is 1. The van der Waals surface area contributed by atoms with Gasteiger partial charge in [-0.1, -0.05) is 0 Å². The minimum Gasteiger partial charge on any atom is -0.464 e. The Morgan fingerprint density at radius 3 is 2.77 bits per heavy atom. The Kier molecular flexibility index (Phi) is 6.56. The van der Waals surface area contributed by atoms with Crippen LogP contribution in [0.2, 0.25) is 0 Å². The van der Waals surface area contributed by atoms with E-state index in [1.165, 1.54) is 30.0 Å². The smallest absolute Gasteiger partial charge is 0.329 e. The van der Waals surface area contributed by atoms with Gasteiger partial charge in [-0.3, -0.25) is 19.7 Å². The lowest BCUT2D eigenvalue weighted by atomic mass is 10.1. The molecule has 2 atom stereocenters. The molecule has 1 aromatic rings. The predicted octanol–water partition coefficient (Wildman–Crippen LogP) is 1.40. The molecule has 2 rings (SSSR count). The SMILES string of the molecule is CCOC(=O)[C@H]1CS[C@@H](CC(=O)Nc2ccc([N+](=O)[O-])cc2C)C(=O)N1. The molecule has 0 radical (unpaired) electrons. The lowest BCUT2D eigenvalue weighted by molar-refractivity contribution is -0.384. The second-order valence-corrected chi connectivity index (χ2v) is 6.88. The summed E-state index contributed by atoms with van der Waals surface area (Å²) in [5.41, 5.74) is 0.939. The lowest BCUT2D eigenvalue weighted by Gasteiger charge is -2.27. The Labute approximate surface area is 154 Å². The zero-order valence-corrected chi connectivity index (χ0v) is 15.1. The molecule has 10 heteroatoms. The molecule has 0 unspecified atom stereocenters. The number of rotatable bonds is 6. The van der Waals surface area contributed by atoms with E-state index in [9.17, 15) is 24.5 Å². The molecule has 1 aliphatic rings. The molecule has 0 spiro atoms. The Morgan fingerprint density at radius 2 is 2.19 bits per heavy atom. The van der Waals surface area contributed by atoms with Crippen LogP contribution in [-0.2, 0) is 19.1 Å². The van der Waals surface area contributed by atoms with Gasteiger partial charge < -0.3 is 15.4 Å². The summed E-state index contributed by atoms with van der Waals surface area (Å²) in [6, 6.07) is 3.41. The number of thioether (sulfide) groups is 1. The zero-order valence-electron chi connectivity index (χ0n) is 14.3. The number of aryl methyl sites for hydroxylation is 1. The van der Waals surface area contributed by atoms with E-state index in [0.29, 0.717) is 17.0 Å². The summed E-state index contributed by atoms with van der Waals surface area (Å²) in [4.78, 5) is 46.2. The van der Waals surface area contributed by atoms with E-state index in [1.54, 1.807) is 13.8 Å². The standard InChI is InChI=1S/C16H19N3O6S/c1-3-25-16(22)12-8-26-13(15(21)18-12)7-14(20)17-11-5-4-10(19(23)24)6-9(11)2/h4-6,12-13H,3,7-8H2,1-2H3,(H,17,20)(H,18,21)/t12-,13+/m1/s1. The molecule has 1 fully saturated rings. The number of hydrogen-bond acceptors (Lipinski definition) is 7. The minimum absolute atomic E-state index is 0.0623. The predicted molar refractivity (Wildman–Crippen MR) is 95.9 cm³/mol. The van der Waals surface area contributed by atoms with Crippen LogP contribution < -0.4 is 10.6 Å². The van der Waals surface area contributed by atoms with Crippen molar-refractivity contribution in [3.8, 4) is 0 Å². The number of nitrogens with zero attached hydrogens (tertiary/aromatic N) is 1. The van der Waals surface area contributed by atoms with Crippen LogP contribution in [0.15, 0.2) is 18.2 Å². The third-order valence-electron chi connectivity index (χ3n) is 3.71. The molecule has 1 saturated heterocycles.